The van der Waals surface area contributed by atoms with Crippen molar-refractivity contribution in [3.05, 3.63) is 71.3 Å². The summed E-state index contributed by atoms with van der Waals surface area (Å²) in [4.78, 5) is 23.8. The lowest BCUT2D eigenvalue weighted by Crippen LogP contribution is -2.34. The van der Waals surface area contributed by atoms with Gasteiger partial charge < -0.3 is 4.90 Å². The first-order chi connectivity index (χ1) is 13.1. The minimum atomic E-state index is -0.695. The predicted molar refractivity (Wildman–Crippen MR) is 104 cm³/mol. The standard InChI is InChI=1S/C20H12ClN5O/c1-23-17-8-14(21)6-7-18(17)25-12-15(9-22)26(20(25)27)19-11-24-10-13-4-2-3-5-16(13)19/h2-8,10-11,15H,12H2/t15-/m0/s1. The third-order valence-electron chi connectivity index (χ3n) is 4.51. The molecule has 3 aromatic rings. The molecule has 4 rings (SSSR count). The molecule has 2 heterocycles. The monoisotopic (exact) mass is 373 g/mol. The van der Waals surface area contributed by atoms with E-state index in [-0.39, 0.29) is 18.3 Å². The normalized spacial score (nSPS) is 16.4. The second kappa shape index (κ2) is 6.60. The molecule has 0 bridgehead atoms. The Kier molecular flexibility index (Phi) is 4.12. The van der Waals surface area contributed by atoms with Gasteiger partial charge in [0.2, 0.25) is 5.69 Å². The van der Waals surface area contributed by atoms with Crippen LogP contribution in [-0.4, -0.2) is 23.6 Å². The van der Waals surface area contributed by atoms with E-state index in [1.165, 1.54) is 15.9 Å². The van der Waals surface area contributed by atoms with E-state index in [0.29, 0.717) is 16.4 Å². The average Bonchev–Trinajstić information content (AvgIpc) is 3.03. The molecule has 1 aromatic heterocycles. The third-order valence-corrected chi connectivity index (χ3v) is 4.74. The van der Waals surface area contributed by atoms with Crippen LogP contribution in [0.5, 0.6) is 0 Å². The van der Waals surface area contributed by atoms with Gasteiger partial charge in [-0.2, -0.15) is 5.26 Å². The molecular formula is C20H12ClN5O. The quantitative estimate of drug-likeness (QED) is 0.607. The Balaban J connectivity index is 1.83. The second-order valence-corrected chi connectivity index (χ2v) is 6.47. The second-order valence-electron chi connectivity index (χ2n) is 6.03. The van der Waals surface area contributed by atoms with Crippen LogP contribution in [-0.2, 0) is 0 Å². The van der Waals surface area contributed by atoms with Gasteiger partial charge in [0.1, 0.15) is 6.04 Å². The van der Waals surface area contributed by atoms with Crippen LogP contribution in [0.25, 0.3) is 15.6 Å². The highest BCUT2D eigenvalue weighted by molar-refractivity contribution is 6.31. The van der Waals surface area contributed by atoms with Crippen molar-refractivity contribution in [1.82, 2.24) is 4.98 Å². The lowest BCUT2D eigenvalue weighted by Gasteiger charge is -2.21. The number of carbonyl (C=O) groups excluding carboxylic acids is 1. The highest BCUT2D eigenvalue weighted by Gasteiger charge is 2.40. The number of fused-ring (bicyclic) bond motifs is 1. The predicted octanol–water partition coefficient (Wildman–Crippen LogP) is 4.78. The number of hydrogen-bond acceptors (Lipinski definition) is 3. The number of halogens is 1. The fourth-order valence-corrected chi connectivity index (χ4v) is 3.44. The third kappa shape index (κ3) is 2.73. The zero-order valence-electron chi connectivity index (χ0n) is 14.0. The van der Waals surface area contributed by atoms with Gasteiger partial charge >= 0.3 is 6.03 Å². The molecule has 1 aliphatic rings. The van der Waals surface area contributed by atoms with E-state index in [9.17, 15) is 10.1 Å². The van der Waals surface area contributed by atoms with Crippen LogP contribution in [0.4, 0.5) is 21.9 Å². The summed E-state index contributed by atoms with van der Waals surface area (Å²) in [7, 11) is 0. The summed E-state index contributed by atoms with van der Waals surface area (Å²) in [6.07, 6.45) is 3.31. The molecule has 6 nitrogen and oxygen atoms in total. The molecule has 1 fully saturated rings. The van der Waals surface area contributed by atoms with Crippen molar-refractivity contribution in [3.8, 4) is 6.07 Å². The first-order valence-electron chi connectivity index (χ1n) is 8.14. The van der Waals surface area contributed by atoms with E-state index < -0.39 is 6.04 Å². The molecule has 1 aliphatic heterocycles. The van der Waals surface area contributed by atoms with E-state index in [1.54, 1.807) is 24.5 Å². The number of pyridine rings is 1. The first kappa shape index (κ1) is 16.8. The number of amides is 2. The average molecular weight is 374 g/mol. The molecule has 0 unspecified atom stereocenters. The maximum Gasteiger partial charge on any atom is 0.329 e. The van der Waals surface area contributed by atoms with E-state index >= 15 is 0 Å². The molecule has 0 aliphatic carbocycles. The minimum Gasteiger partial charge on any atom is -0.300 e. The zero-order valence-corrected chi connectivity index (χ0v) is 14.8. The van der Waals surface area contributed by atoms with Crippen molar-refractivity contribution in [2.45, 2.75) is 6.04 Å². The van der Waals surface area contributed by atoms with Gasteiger partial charge in [-0.15, -0.1) is 0 Å². The first-order valence-corrected chi connectivity index (χ1v) is 8.52. The number of carbonyl (C=O) groups is 1. The van der Waals surface area contributed by atoms with Crippen molar-refractivity contribution in [2.24, 2.45) is 0 Å². The van der Waals surface area contributed by atoms with Crippen molar-refractivity contribution in [2.75, 3.05) is 16.3 Å². The van der Waals surface area contributed by atoms with Gasteiger partial charge in [0.05, 0.1) is 36.8 Å². The topological polar surface area (TPSA) is 64.6 Å². The molecule has 0 N–H and O–H groups in total. The van der Waals surface area contributed by atoms with Crippen molar-refractivity contribution in [3.63, 3.8) is 0 Å². The maximum atomic E-state index is 13.2. The molecule has 2 aromatic carbocycles. The minimum absolute atomic E-state index is 0.155. The molecule has 0 spiro atoms. The van der Waals surface area contributed by atoms with Crippen LogP contribution in [0, 0.1) is 17.9 Å². The van der Waals surface area contributed by atoms with Gasteiger partial charge in [0, 0.05) is 22.0 Å². The Hall–Kier alpha value is -3.61. The lowest BCUT2D eigenvalue weighted by atomic mass is 10.1. The largest absolute Gasteiger partial charge is 0.329 e. The maximum absolute atomic E-state index is 13.2. The number of hydrogen-bond donors (Lipinski definition) is 0. The number of nitriles is 1. The van der Waals surface area contributed by atoms with Gasteiger partial charge in [-0.05, 0) is 18.2 Å². The van der Waals surface area contributed by atoms with Crippen LogP contribution in [0.2, 0.25) is 5.02 Å². The van der Waals surface area contributed by atoms with Crippen LogP contribution in [0.15, 0.2) is 54.9 Å². The zero-order chi connectivity index (χ0) is 19.0. The summed E-state index contributed by atoms with van der Waals surface area (Å²) in [5.41, 5.74) is 1.28. The number of anilines is 2. The summed E-state index contributed by atoms with van der Waals surface area (Å²) >= 11 is 5.97. The van der Waals surface area contributed by atoms with Crippen molar-refractivity contribution in [1.29, 1.82) is 5.26 Å². The SMILES string of the molecule is [C-]#[N+]c1cc(Cl)ccc1N1C[C@H](C#N)N(c2cncc3ccccc23)C1=O. The van der Waals surface area contributed by atoms with Crippen LogP contribution in [0.3, 0.4) is 0 Å². The fraction of sp³-hybridized carbons (Fsp3) is 0.100. The summed E-state index contributed by atoms with van der Waals surface area (Å²) < 4.78 is 0. The summed E-state index contributed by atoms with van der Waals surface area (Å²) in [5.74, 6) is 0. The molecule has 2 amide bonds. The fourth-order valence-electron chi connectivity index (χ4n) is 3.27. The van der Waals surface area contributed by atoms with Gasteiger partial charge in [-0.25, -0.2) is 9.64 Å². The Labute approximate surface area is 160 Å². The molecule has 27 heavy (non-hydrogen) atoms. The van der Waals surface area contributed by atoms with E-state index in [4.69, 9.17) is 18.2 Å². The number of rotatable bonds is 2. The van der Waals surface area contributed by atoms with Gasteiger partial charge in [0.15, 0.2) is 0 Å². The summed E-state index contributed by atoms with van der Waals surface area (Å²) in [5, 5.41) is 11.8. The Morgan fingerprint density at radius 2 is 2.04 bits per heavy atom. The van der Waals surface area contributed by atoms with Gasteiger partial charge in [-0.3, -0.25) is 9.88 Å². The molecule has 1 saturated heterocycles. The molecule has 0 radical (unpaired) electrons. The highest BCUT2D eigenvalue weighted by atomic mass is 35.5. The van der Waals surface area contributed by atoms with Crippen molar-refractivity contribution >= 4 is 45.5 Å². The molecular weight excluding hydrogens is 362 g/mol. The Morgan fingerprint density at radius 1 is 1.22 bits per heavy atom. The molecule has 7 heteroatoms. The van der Waals surface area contributed by atoms with Gasteiger partial charge in [0.25, 0.3) is 0 Å². The number of nitrogens with zero attached hydrogens (tertiary/aromatic N) is 5. The number of urea groups is 1. The van der Waals surface area contributed by atoms with Crippen LogP contribution >= 0.6 is 11.6 Å². The smallest absolute Gasteiger partial charge is 0.300 e. The van der Waals surface area contributed by atoms with Crippen molar-refractivity contribution < 1.29 is 4.79 Å². The van der Waals surface area contributed by atoms with Crippen LogP contribution < -0.4 is 9.80 Å². The number of benzene rings is 2. The molecule has 130 valence electrons. The van der Waals surface area contributed by atoms with E-state index in [1.807, 2.05) is 24.3 Å². The summed E-state index contributed by atoms with van der Waals surface area (Å²) in [6, 6.07) is 13.5. The lowest BCUT2D eigenvalue weighted by molar-refractivity contribution is 0.255. The highest BCUT2D eigenvalue weighted by Crippen LogP contribution is 2.37. The number of aromatic nitrogens is 1. The molecule has 1 atom stereocenters. The van der Waals surface area contributed by atoms with E-state index in [2.05, 4.69) is 15.9 Å². The van der Waals surface area contributed by atoms with Gasteiger partial charge in [-0.1, -0.05) is 35.9 Å². The van der Waals surface area contributed by atoms with E-state index in [0.717, 1.165) is 10.8 Å². The Morgan fingerprint density at radius 3 is 2.81 bits per heavy atom. The molecule has 0 saturated carbocycles. The summed E-state index contributed by atoms with van der Waals surface area (Å²) in [6.45, 7) is 7.52. The van der Waals surface area contributed by atoms with Crippen LogP contribution in [0.1, 0.15) is 0 Å². The Bertz CT molecular complexity index is 1140.